The van der Waals surface area contributed by atoms with Crippen molar-refractivity contribution < 1.29 is 22.4 Å². The second-order valence-electron chi connectivity index (χ2n) is 4.21. The highest BCUT2D eigenvalue weighted by Crippen LogP contribution is 2.29. The average molecular weight is 335 g/mol. The molecule has 2 aromatic rings. The van der Waals surface area contributed by atoms with Gasteiger partial charge in [0.1, 0.15) is 11.5 Å². The monoisotopic (exact) mass is 334 g/mol. The third kappa shape index (κ3) is 3.45. The smallest absolute Gasteiger partial charge is 0.327 e. The number of aromatic amines is 1. The van der Waals surface area contributed by atoms with Crippen molar-refractivity contribution in [3.05, 3.63) is 62.8 Å². The van der Waals surface area contributed by atoms with Gasteiger partial charge in [-0.3, -0.25) is 9.59 Å². The molecule has 2 rings (SSSR count). The van der Waals surface area contributed by atoms with Crippen LogP contribution in [0.2, 0.25) is 5.02 Å². The lowest BCUT2D eigenvalue weighted by Gasteiger charge is -2.09. The molecule has 0 atom stereocenters. The van der Waals surface area contributed by atoms with Crippen LogP contribution in [0.1, 0.15) is 15.9 Å². The molecular weight excluding hydrogens is 328 g/mol. The van der Waals surface area contributed by atoms with Crippen LogP contribution >= 0.6 is 11.6 Å². The van der Waals surface area contributed by atoms with Crippen molar-refractivity contribution in [2.75, 3.05) is 5.32 Å². The van der Waals surface area contributed by atoms with E-state index in [4.69, 9.17) is 11.6 Å². The molecule has 0 aliphatic heterocycles. The highest BCUT2D eigenvalue weighted by molar-refractivity contribution is 6.30. The van der Waals surface area contributed by atoms with Gasteiger partial charge < -0.3 is 10.3 Å². The van der Waals surface area contributed by atoms with Crippen molar-refractivity contribution >= 4 is 23.2 Å². The number of anilines is 1. The summed E-state index contributed by atoms with van der Waals surface area (Å²) >= 11 is 5.53. The van der Waals surface area contributed by atoms with Gasteiger partial charge in [0.25, 0.3) is 11.5 Å². The van der Waals surface area contributed by atoms with Crippen molar-refractivity contribution in [3.8, 4) is 0 Å². The predicted molar refractivity (Wildman–Crippen MR) is 71.4 cm³/mol. The normalized spacial score (nSPS) is 11.3. The first-order chi connectivity index (χ1) is 10.2. The van der Waals surface area contributed by atoms with E-state index in [9.17, 15) is 27.2 Å². The highest BCUT2D eigenvalue weighted by atomic mass is 35.5. The Morgan fingerprint density at radius 2 is 1.91 bits per heavy atom. The van der Waals surface area contributed by atoms with Crippen molar-refractivity contribution in [2.24, 2.45) is 0 Å². The number of carbonyl (C=O) groups is 1. The number of rotatable bonds is 2. The zero-order valence-electron chi connectivity index (χ0n) is 10.6. The molecule has 2 N–H and O–H groups in total. The van der Waals surface area contributed by atoms with Gasteiger partial charge in [0.2, 0.25) is 0 Å². The van der Waals surface area contributed by atoms with Crippen LogP contribution in [0.25, 0.3) is 0 Å². The number of halogens is 5. The van der Waals surface area contributed by atoms with Gasteiger partial charge in [0.15, 0.2) is 0 Å². The van der Waals surface area contributed by atoms with Gasteiger partial charge in [0.05, 0.1) is 11.1 Å². The zero-order valence-corrected chi connectivity index (χ0v) is 11.3. The molecule has 0 saturated heterocycles. The van der Waals surface area contributed by atoms with E-state index < -0.39 is 40.3 Å². The number of nitrogens with one attached hydrogen (secondary N) is 2. The van der Waals surface area contributed by atoms with Gasteiger partial charge in [-0.1, -0.05) is 11.6 Å². The summed E-state index contributed by atoms with van der Waals surface area (Å²) in [7, 11) is 0. The van der Waals surface area contributed by atoms with Crippen molar-refractivity contribution in [1.29, 1.82) is 0 Å². The minimum atomic E-state index is -4.70. The van der Waals surface area contributed by atoms with Gasteiger partial charge >= 0.3 is 6.18 Å². The fraction of sp³-hybridized carbons (Fsp3) is 0.0769. The molecule has 0 bridgehead atoms. The van der Waals surface area contributed by atoms with Crippen LogP contribution in [0, 0.1) is 5.82 Å². The molecule has 4 nitrogen and oxygen atoms in total. The minimum absolute atomic E-state index is 0.0472. The summed E-state index contributed by atoms with van der Waals surface area (Å²) < 4.78 is 51.2. The summed E-state index contributed by atoms with van der Waals surface area (Å²) in [5.41, 5.74) is -3.20. The molecule has 0 aliphatic carbocycles. The van der Waals surface area contributed by atoms with E-state index in [1.54, 1.807) is 0 Å². The standard InChI is InChI=1S/C13H7ClF4N2O2/c14-7-1-2-8(9(15)4-7)11(21)20-10-3-6(13(16,17)18)5-19-12(10)22/h1-5H,(H,19,22)(H,20,21). The summed E-state index contributed by atoms with van der Waals surface area (Å²) in [5.74, 6) is -2.03. The number of amides is 1. The largest absolute Gasteiger partial charge is 0.417 e. The molecule has 0 fully saturated rings. The van der Waals surface area contributed by atoms with E-state index in [1.807, 2.05) is 10.3 Å². The Balaban J connectivity index is 2.34. The molecule has 0 aliphatic rings. The van der Waals surface area contributed by atoms with E-state index in [-0.39, 0.29) is 5.02 Å². The number of H-pyrrole nitrogens is 1. The van der Waals surface area contributed by atoms with Gasteiger partial charge in [0, 0.05) is 11.2 Å². The Kier molecular flexibility index (Phi) is 4.23. The summed E-state index contributed by atoms with van der Waals surface area (Å²) in [6, 6.07) is 3.61. The van der Waals surface area contributed by atoms with Gasteiger partial charge in [-0.25, -0.2) is 4.39 Å². The molecule has 0 radical (unpaired) electrons. The summed E-state index contributed by atoms with van der Waals surface area (Å²) in [6.45, 7) is 0. The first-order valence-electron chi connectivity index (χ1n) is 5.75. The van der Waals surface area contributed by atoms with Gasteiger partial charge in [-0.05, 0) is 24.3 Å². The van der Waals surface area contributed by atoms with Gasteiger partial charge in [-0.15, -0.1) is 0 Å². The summed E-state index contributed by atoms with van der Waals surface area (Å²) in [6.07, 6.45) is -4.23. The number of pyridine rings is 1. The lowest BCUT2D eigenvalue weighted by Crippen LogP contribution is -2.22. The van der Waals surface area contributed by atoms with Crippen LogP contribution in [-0.2, 0) is 6.18 Å². The van der Waals surface area contributed by atoms with Crippen molar-refractivity contribution in [1.82, 2.24) is 4.98 Å². The van der Waals surface area contributed by atoms with E-state index >= 15 is 0 Å². The SMILES string of the molecule is O=C(Nc1cc(C(F)(F)F)c[nH]c1=O)c1ccc(Cl)cc1F. The molecule has 1 aromatic heterocycles. The van der Waals surface area contributed by atoms with Crippen molar-refractivity contribution in [3.63, 3.8) is 0 Å². The number of benzene rings is 1. The number of carbonyl (C=O) groups excluding carboxylic acids is 1. The Morgan fingerprint density at radius 3 is 2.50 bits per heavy atom. The molecule has 9 heteroatoms. The molecule has 22 heavy (non-hydrogen) atoms. The maximum atomic E-state index is 13.6. The van der Waals surface area contributed by atoms with Crippen molar-refractivity contribution in [2.45, 2.75) is 6.18 Å². The molecule has 0 spiro atoms. The van der Waals surface area contributed by atoms with Crippen LogP contribution in [0.5, 0.6) is 0 Å². The van der Waals surface area contributed by atoms with E-state index in [0.717, 1.165) is 12.1 Å². The third-order valence-electron chi connectivity index (χ3n) is 2.65. The van der Waals surface area contributed by atoms with Gasteiger partial charge in [-0.2, -0.15) is 13.2 Å². The number of alkyl halides is 3. The Morgan fingerprint density at radius 1 is 1.23 bits per heavy atom. The lowest BCUT2D eigenvalue weighted by atomic mass is 10.2. The average Bonchev–Trinajstić information content (AvgIpc) is 2.39. The van der Waals surface area contributed by atoms with Crippen LogP contribution in [-0.4, -0.2) is 10.9 Å². The molecular formula is C13H7ClF4N2O2. The second kappa shape index (κ2) is 5.80. The maximum absolute atomic E-state index is 13.6. The third-order valence-corrected chi connectivity index (χ3v) is 2.89. The Bertz CT molecular complexity index is 786. The molecule has 0 saturated carbocycles. The molecule has 1 heterocycles. The first kappa shape index (κ1) is 16.0. The van der Waals surface area contributed by atoms with E-state index in [2.05, 4.69) is 0 Å². The molecule has 1 aromatic carbocycles. The quantitative estimate of drug-likeness (QED) is 0.826. The fourth-order valence-corrected chi connectivity index (χ4v) is 1.76. The fourth-order valence-electron chi connectivity index (χ4n) is 1.60. The van der Waals surface area contributed by atoms with Crippen LogP contribution in [0.4, 0.5) is 23.2 Å². The molecule has 116 valence electrons. The van der Waals surface area contributed by atoms with Crippen LogP contribution in [0.3, 0.4) is 0 Å². The van der Waals surface area contributed by atoms with E-state index in [0.29, 0.717) is 12.3 Å². The topological polar surface area (TPSA) is 62.0 Å². The Labute approximate surface area is 125 Å². The summed E-state index contributed by atoms with van der Waals surface area (Å²) in [4.78, 5) is 25.1. The molecule has 1 amide bonds. The Hall–Kier alpha value is -2.35. The first-order valence-corrected chi connectivity index (χ1v) is 6.12. The van der Waals surface area contributed by atoms with Crippen LogP contribution in [0.15, 0.2) is 35.3 Å². The number of aromatic nitrogens is 1. The lowest BCUT2D eigenvalue weighted by molar-refractivity contribution is -0.137. The predicted octanol–water partition coefficient (Wildman–Crippen LogP) is 3.44. The number of hydrogen-bond donors (Lipinski definition) is 2. The summed E-state index contributed by atoms with van der Waals surface area (Å²) in [5, 5.41) is 1.98. The molecule has 0 unspecified atom stereocenters. The number of hydrogen-bond acceptors (Lipinski definition) is 2. The maximum Gasteiger partial charge on any atom is 0.417 e. The second-order valence-corrected chi connectivity index (χ2v) is 4.64. The van der Waals surface area contributed by atoms with Crippen LogP contribution < -0.4 is 10.9 Å². The highest BCUT2D eigenvalue weighted by Gasteiger charge is 2.31. The zero-order chi connectivity index (χ0) is 16.5. The van der Waals surface area contributed by atoms with E-state index in [1.165, 1.54) is 6.07 Å². The minimum Gasteiger partial charge on any atom is -0.327 e.